The Hall–Kier alpha value is -1.78. The third-order valence-electron chi connectivity index (χ3n) is 2.26. The maximum atomic E-state index is 5.55. The van der Waals surface area contributed by atoms with Gasteiger partial charge in [0.15, 0.2) is 5.75 Å². The van der Waals surface area contributed by atoms with Gasteiger partial charge in [-0.15, -0.1) is 0 Å². The molecule has 0 spiro atoms. The summed E-state index contributed by atoms with van der Waals surface area (Å²) in [5.74, 6) is 0.765. The maximum Gasteiger partial charge on any atom is 0.157 e. The minimum atomic E-state index is 0.382. The lowest BCUT2D eigenvalue weighted by atomic mass is 10.4. The molecule has 86 valence electrons. The normalized spacial score (nSPS) is 11.0. The van der Waals surface area contributed by atoms with Crippen LogP contribution in [0.2, 0.25) is 0 Å². The molecule has 0 fully saturated rings. The molecule has 0 aromatic carbocycles. The van der Waals surface area contributed by atoms with E-state index in [1.807, 2.05) is 30.2 Å². The molecule has 2 rings (SSSR count). The van der Waals surface area contributed by atoms with Crippen molar-refractivity contribution >= 4 is 0 Å². The number of hydrogen-bond acceptors (Lipinski definition) is 3. The molecule has 0 aliphatic heterocycles. The van der Waals surface area contributed by atoms with Crippen molar-refractivity contribution in [1.82, 2.24) is 19.6 Å². The van der Waals surface area contributed by atoms with Crippen LogP contribution in [0, 0.1) is 0 Å². The summed E-state index contributed by atoms with van der Waals surface area (Å²) < 4.78 is 9.18. The van der Waals surface area contributed by atoms with E-state index in [1.54, 1.807) is 10.9 Å². The van der Waals surface area contributed by atoms with Crippen LogP contribution in [0.5, 0.6) is 5.75 Å². The van der Waals surface area contributed by atoms with Gasteiger partial charge in [-0.25, -0.2) is 0 Å². The summed E-state index contributed by atoms with van der Waals surface area (Å²) in [7, 11) is 1.86. The van der Waals surface area contributed by atoms with Gasteiger partial charge in [0, 0.05) is 19.3 Å². The molecule has 5 nitrogen and oxygen atoms in total. The second-order valence-electron chi connectivity index (χ2n) is 4.02. The van der Waals surface area contributed by atoms with Gasteiger partial charge in [-0.1, -0.05) is 0 Å². The molecule has 0 saturated heterocycles. The van der Waals surface area contributed by atoms with Gasteiger partial charge < -0.3 is 4.74 Å². The molecule has 0 amide bonds. The van der Waals surface area contributed by atoms with Crippen molar-refractivity contribution in [2.24, 2.45) is 7.05 Å². The Morgan fingerprint density at radius 2 is 2.25 bits per heavy atom. The highest BCUT2D eigenvalue weighted by Crippen LogP contribution is 2.10. The number of nitrogens with zero attached hydrogens (tertiary/aromatic N) is 4. The molecule has 0 unspecified atom stereocenters. The van der Waals surface area contributed by atoms with E-state index in [-0.39, 0.29) is 0 Å². The molecule has 2 heterocycles. The third-order valence-corrected chi connectivity index (χ3v) is 2.26. The molecule has 0 radical (unpaired) electrons. The average molecular weight is 220 g/mol. The summed E-state index contributed by atoms with van der Waals surface area (Å²) in [5.41, 5.74) is 0.928. The Balaban J connectivity index is 1.94. The molecular weight excluding hydrogens is 204 g/mol. The summed E-state index contributed by atoms with van der Waals surface area (Å²) in [6, 6.07) is 2.35. The molecule has 0 aliphatic rings. The van der Waals surface area contributed by atoms with E-state index in [0.29, 0.717) is 12.6 Å². The van der Waals surface area contributed by atoms with Gasteiger partial charge >= 0.3 is 0 Å². The lowest BCUT2D eigenvalue weighted by molar-refractivity contribution is 0.298. The fourth-order valence-corrected chi connectivity index (χ4v) is 1.37. The molecule has 2 aromatic heterocycles. The SMILES string of the molecule is CC(C)n1ccc(COc2cnn(C)c2)n1. The van der Waals surface area contributed by atoms with E-state index >= 15 is 0 Å². The highest BCUT2D eigenvalue weighted by molar-refractivity contribution is 5.12. The van der Waals surface area contributed by atoms with Crippen molar-refractivity contribution in [3.63, 3.8) is 0 Å². The molecule has 0 atom stereocenters. The standard InChI is InChI=1S/C11H16N4O/c1-9(2)15-5-4-10(13-15)8-16-11-6-12-14(3)7-11/h4-7,9H,8H2,1-3H3. The van der Waals surface area contributed by atoms with Crippen LogP contribution in [-0.2, 0) is 13.7 Å². The van der Waals surface area contributed by atoms with E-state index in [4.69, 9.17) is 4.74 Å². The minimum absolute atomic E-state index is 0.382. The quantitative estimate of drug-likeness (QED) is 0.789. The summed E-state index contributed by atoms with van der Waals surface area (Å²) in [6.07, 6.45) is 5.49. The van der Waals surface area contributed by atoms with Crippen LogP contribution in [0.25, 0.3) is 0 Å². The average Bonchev–Trinajstić information content (AvgIpc) is 2.83. The van der Waals surface area contributed by atoms with Crippen molar-refractivity contribution in [2.75, 3.05) is 0 Å². The second-order valence-corrected chi connectivity index (χ2v) is 4.02. The van der Waals surface area contributed by atoms with Crippen molar-refractivity contribution in [1.29, 1.82) is 0 Å². The van der Waals surface area contributed by atoms with Gasteiger partial charge in [0.2, 0.25) is 0 Å². The van der Waals surface area contributed by atoms with E-state index in [9.17, 15) is 0 Å². The Bertz CT molecular complexity index is 458. The monoisotopic (exact) mass is 220 g/mol. The number of ether oxygens (including phenoxy) is 1. The smallest absolute Gasteiger partial charge is 0.157 e. The second kappa shape index (κ2) is 4.38. The van der Waals surface area contributed by atoms with Gasteiger partial charge in [-0.3, -0.25) is 9.36 Å². The van der Waals surface area contributed by atoms with Crippen molar-refractivity contribution < 1.29 is 4.74 Å². The summed E-state index contributed by atoms with van der Waals surface area (Å²) in [6.45, 7) is 4.67. The molecule has 0 N–H and O–H groups in total. The maximum absolute atomic E-state index is 5.55. The Labute approximate surface area is 94.6 Å². The van der Waals surface area contributed by atoms with Crippen LogP contribution in [0.4, 0.5) is 0 Å². The fraction of sp³-hybridized carbons (Fsp3) is 0.455. The van der Waals surface area contributed by atoms with Gasteiger partial charge in [0.25, 0.3) is 0 Å². The highest BCUT2D eigenvalue weighted by Gasteiger charge is 2.03. The van der Waals surface area contributed by atoms with E-state index in [2.05, 4.69) is 24.0 Å². The molecular formula is C11H16N4O. The van der Waals surface area contributed by atoms with Gasteiger partial charge in [-0.05, 0) is 19.9 Å². The van der Waals surface area contributed by atoms with Gasteiger partial charge in [0.1, 0.15) is 6.61 Å². The number of aryl methyl sites for hydroxylation is 1. The summed E-state index contributed by atoms with van der Waals surface area (Å²) >= 11 is 0. The lowest BCUT2D eigenvalue weighted by Gasteiger charge is -2.04. The fourth-order valence-electron chi connectivity index (χ4n) is 1.37. The number of rotatable bonds is 4. The van der Waals surface area contributed by atoms with Crippen LogP contribution in [0.3, 0.4) is 0 Å². The zero-order chi connectivity index (χ0) is 11.5. The minimum Gasteiger partial charge on any atom is -0.484 e. The molecule has 0 bridgehead atoms. The van der Waals surface area contributed by atoms with Crippen molar-refractivity contribution in [3.8, 4) is 5.75 Å². The Morgan fingerprint density at radius 1 is 1.44 bits per heavy atom. The molecule has 0 saturated carbocycles. The lowest BCUT2D eigenvalue weighted by Crippen LogP contribution is -2.03. The zero-order valence-electron chi connectivity index (χ0n) is 9.79. The van der Waals surface area contributed by atoms with Crippen LogP contribution in [0.15, 0.2) is 24.7 Å². The summed E-state index contributed by atoms with van der Waals surface area (Å²) in [4.78, 5) is 0. The largest absolute Gasteiger partial charge is 0.484 e. The molecule has 0 aliphatic carbocycles. The van der Waals surface area contributed by atoms with Gasteiger partial charge in [0.05, 0.1) is 18.1 Å². The number of aromatic nitrogens is 4. The van der Waals surface area contributed by atoms with Crippen LogP contribution < -0.4 is 4.74 Å². The van der Waals surface area contributed by atoms with Gasteiger partial charge in [-0.2, -0.15) is 10.2 Å². The number of hydrogen-bond donors (Lipinski definition) is 0. The molecule has 2 aromatic rings. The van der Waals surface area contributed by atoms with Crippen molar-refractivity contribution in [3.05, 3.63) is 30.4 Å². The van der Waals surface area contributed by atoms with Crippen molar-refractivity contribution in [2.45, 2.75) is 26.5 Å². The van der Waals surface area contributed by atoms with Crippen LogP contribution in [0.1, 0.15) is 25.6 Å². The first-order chi connectivity index (χ1) is 7.65. The Kier molecular flexibility index (Phi) is 2.94. The Morgan fingerprint density at radius 3 is 2.81 bits per heavy atom. The first-order valence-corrected chi connectivity index (χ1v) is 5.30. The first-order valence-electron chi connectivity index (χ1n) is 5.30. The zero-order valence-corrected chi connectivity index (χ0v) is 9.79. The molecule has 5 heteroatoms. The highest BCUT2D eigenvalue weighted by atomic mass is 16.5. The topological polar surface area (TPSA) is 44.9 Å². The summed E-state index contributed by atoms with van der Waals surface area (Å²) in [5, 5.41) is 8.42. The van der Waals surface area contributed by atoms with E-state index in [0.717, 1.165) is 11.4 Å². The van der Waals surface area contributed by atoms with E-state index in [1.165, 1.54) is 0 Å². The first kappa shape index (κ1) is 10.7. The third kappa shape index (κ3) is 2.42. The molecule has 16 heavy (non-hydrogen) atoms. The van der Waals surface area contributed by atoms with Crippen LogP contribution in [-0.4, -0.2) is 19.6 Å². The predicted molar refractivity (Wildman–Crippen MR) is 60.2 cm³/mol. The van der Waals surface area contributed by atoms with E-state index < -0.39 is 0 Å². The predicted octanol–water partition coefficient (Wildman–Crippen LogP) is 1.78. The van der Waals surface area contributed by atoms with Crippen LogP contribution >= 0.6 is 0 Å².